The van der Waals surface area contributed by atoms with Crippen molar-refractivity contribution < 1.29 is 4.79 Å². The summed E-state index contributed by atoms with van der Waals surface area (Å²) in [5.41, 5.74) is 1.99. The summed E-state index contributed by atoms with van der Waals surface area (Å²) in [7, 11) is 0. The van der Waals surface area contributed by atoms with E-state index in [4.69, 9.17) is 0 Å². The Morgan fingerprint density at radius 1 is 1.50 bits per heavy atom. The third-order valence-electron chi connectivity index (χ3n) is 3.72. The highest BCUT2D eigenvalue weighted by Crippen LogP contribution is 2.19. The third-order valence-corrected chi connectivity index (χ3v) is 3.72. The molecule has 0 saturated heterocycles. The molecule has 0 aliphatic carbocycles. The number of nitrogens with one attached hydrogen (secondary N) is 2. The molecule has 1 amide bonds. The van der Waals surface area contributed by atoms with Crippen LogP contribution in [0.4, 0.5) is 0 Å². The number of carbonyl (C=O) groups excluding carboxylic acids is 1. The van der Waals surface area contributed by atoms with E-state index in [-0.39, 0.29) is 12.5 Å². The highest BCUT2D eigenvalue weighted by Gasteiger charge is 2.16. The first-order chi connectivity index (χ1) is 10.8. The van der Waals surface area contributed by atoms with Gasteiger partial charge in [0, 0.05) is 32.0 Å². The molecule has 7 nitrogen and oxygen atoms in total. The Kier molecular flexibility index (Phi) is 4.53. The molecule has 0 atom stereocenters. The van der Waals surface area contributed by atoms with Gasteiger partial charge in [-0.15, -0.1) is 0 Å². The van der Waals surface area contributed by atoms with Gasteiger partial charge in [-0.1, -0.05) is 6.92 Å². The highest BCUT2D eigenvalue weighted by molar-refractivity contribution is 5.76. The minimum absolute atomic E-state index is 0.00328. The number of imidazole rings is 1. The first-order valence-electron chi connectivity index (χ1n) is 7.83. The molecule has 0 radical (unpaired) electrons. The van der Waals surface area contributed by atoms with Crippen molar-refractivity contribution in [1.29, 1.82) is 0 Å². The molecule has 0 spiro atoms. The zero-order valence-corrected chi connectivity index (χ0v) is 12.9. The van der Waals surface area contributed by atoms with Crippen molar-refractivity contribution in [3.8, 4) is 11.5 Å². The van der Waals surface area contributed by atoms with Gasteiger partial charge in [-0.3, -0.25) is 9.48 Å². The van der Waals surface area contributed by atoms with Crippen LogP contribution in [0.15, 0.2) is 18.5 Å². The molecule has 0 saturated carbocycles. The summed E-state index contributed by atoms with van der Waals surface area (Å²) in [6, 6.07) is 2.06. The summed E-state index contributed by atoms with van der Waals surface area (Å²) in [4.78, 5) is 16.3. The minimum Gasteiger partial charge on any atom is -0.355 e. The maximum Gasteiger partial charge on any atom is 0.239 e. The Morgan fingerprint density at radius 2 is 2.41 bits per heavy atom. The molecule has 0 unspecified atom stereocenters. The van der Waals surface area contributed by atoms with Crippen LogP contribution in [0.2, 0.25) is 0 Å². The second kappa shape index (κ2) is 6.74. The van der Waals surface area contributed by atoms with Gasteiger partial charge < -0.3 is 15.2 Å². The molecule has 1 aliphatic rings. The predicted molar refractivity (Wildman–Crippen MR) is 83.1 cm³/mol. The second-order valence-corrected chi connectivity index (χ2v) is 5.50. The lowest BCUT2D eigenvalue weighted by Crippen LogP contribution is -2.28. The fourth-order valence-corrected chi connectivity index (χ4v) is 2.62. The zero-order chi connectivity index (χ0) is 15.4. The molecule has 3 rings (SSSR count). The molecule has 0 aromatic carbocycles. The molecule has 2 aromatic rings. The summed E-state index contributed by atoms with van der Waals surface area (Å²) in [6.07, 6.45) is 5.54. The minimum atomic E-state index is 0.00328. The zero-order valence-electron chi connectivity index (χ0n) is 12.9. The lowest BCUT2D eigenvalue weighted by molar-refractivity contribution is -0.121. The van der Waals surface area contributed by atoms with Crippen LogP contribution in [0.1, 0.15) is 25.5 Å². The van der Waals surface area contributed by atoms with Crippen LogP contribution < -0.4 is 10.6 Å². The first kappa shape index (κ1) is 14.8. The molecule has 7 heteroatoms. The van der Waals surface area contributed by atoms with E-state index in [1.54, 1.807) is 6.20 Å². The number of amides is 1. The fraction of sp³-hybridized carbons (Fsp3) is 0.533. The van der Waals surface area contributed by atoms with Crippen LogP contribution in [-0.2, 0) is 24.4 Å². The van der Waals surface area contributed by atoms with E-state index in [9.17, 15) is 4.79 Å². The van der Waals surface area contributed by atoms with E-state index in [1.165, 1.54) is 0 Å². The lowest BCUT2D eigenvalue weighted by Gasteiger charge is -2.07. The molecule has 2 aromatic heterocycles. The predicted octanol–water partition coefficient (Wildman–Crippen LogP) is 0.766. The smallest absolute Gasteiger partial charge is 0.239 e. The summed E-state index contributed by atoms with van der Waals surface area (Å²) in [5, 5.41) is 10.9. The van der Waals surface area contributed by atoms with Crippen LogP contribution in [0.3, 0.4) is 0 Å². The number of carbonyl (C=O) groups is 1. The number of hydrogen-bond donors (Lipinski definition) is 2. The van der Waals surface area contributed by atoms with E-state index in [1.807, 2.05) is 22.4 Å². The maximum absolute atomic E-state index is 11.9. The van der Waals surface area contributed by atoms with Crippen LogP contribution in [0, 0.1) is 0 Å². The summed E-state index contributed by atoms with van der Waals surface area (Å²) >= 11 is 0. The molecule has 22 heavy (non-hydrogen) atoms. The van der Waals surface area contributed by atoms with Gasteiger partial charge in [0.1, 0.15) is 12.2 Å². The quantitative estimate of drug-likeness (QED) is 0.855. The van der Waals surface area contributed by atoms with Crippen molar-refractivity contribution in [3.63, 3.8) is 0 Å². The van der Waals surface area contributed by atoms with Crippen LogP contribution in [0.25, 0.3) is 11.5 Å². The maximum atomic E-state index is 11.9. The number of nitrogens with zero attached hydrogens (tertiary/aromatic N) is 4. The Labute approximate surface area is 129 Å². The van der Waals surface area contributed by atoms with E-state index in [0.717, 1.165) is 49.7 Å². The third kappa shape index (κ3) is 3.19. The Hall–Kier alpha value is -2.15. The Morgan fingerprint density at radius 3 is 3.27 bits per heavy atom. The summed E-state index contributed by atoms with van der Waals surface area (Å²) < 4.78 is 3.88. The number of rotatable bonds is 5. The van der Waals surface area contributed by atoms with Crippen molar-refractivity contribution in [2.75, 3.05) is 13.1 Å². The van der Waals surface area contributed by atoms with E-state index in [2.05, 4.69) is 26.8 Å². The van der Waals surface area contributed by atoms with E-state index < -0.39 is 0 Å². The average molecular weight is 302 g/mol. The second-order valence-electron chi connectivity index (χ2n) is 5.50. The van der Waals surface area contributed by atoms with Gasteiger partial charge in [0.2, 0.25) is 5.91 Å². The van der Waals surface area contributed by atoms with Gasteiger partial charge >= 0.3 is 0 Å². The average Bonchev–Trinajstić information content (AvgIpc) is 3.07. The van der Waals surface area contributed by atoms with E-state index >= 15 is 0 Å². The molecule has 0 bridgehead atoms. The number of aryl methyl sites for hydroxylation is 1. The summed E-state index contributed by atoms with van der Waals surface area (Å²) in [6.45, 7) is 5.77. The summed E-state index contributed by atoms with van der Waals surface area (Å²) in [5.74, 6) is 0.746. The largest absolute Gasteiger partial charge is 0.355 e. The Bertz CT molecular complexity index is 621. The van der Waals surface area contributed by atoms with Crippen molar-refractivity contribution >= 4 is 5.91 Å². The van der Waals surface area contributed by atoms with Crippen LogP contribution >= 0.6 is 0 Å². The van der Waals surface area contributed by atoms with E-state index in [0.29, 0.717) is 6.54 Å². The van der Waals surface area contributed by atoms with Gasteiger partial charge in [0.25, 0.3) is 0 Å². The number of fused-ring (bicyclic) bond motifs is 1. The molecule has 118 valence electrons. The van der Waals surface area contributed by atoms with Crippen LogP contribution in [0.5, 0.6) is 0 Å². The number of hydrogen-bond acceptors (Lipinski definition) is 4. The molecule has 2 N–H and O–H groups in total. The fourth-order valence-electron chi connectivity index (χ4n) is 2.62. The molecule has 3 heterocycles. The van der Waals surface area contributed by atoms with Crippen molar-refractivity contribution in [2.45, 2.75) is 39.4 Å². The van der Waals surface area contributed by atoms with Crippen LogP contribution in [-0.4, -0.2) is 38.3 Å². The first-order valence-corrected chi connectivity index (χ1v) is 7.83. The molecule has 0 fully saturated rings. The topological polar surface area (TPSA) is 76.8 Å². The normalized spacial score (nSPS) is 14.4. The van der Waals surface area contributed by atoms with Gasteiger partial charge in [-0.2, -0.15) is 5.10 Å². The monoisotopic (exact) mass is 302 g/mol. The van der Waals surface area contributed by atoms with Crippen molar-refractivity contribution in [1.82, 2.24) is 30.0 Å². The SMILES string of the molecule is CCCNC(=O)Cn1ccnc1-c1cc2n(n1)CCCNC2. The highest BCUT2D eigenvalue weighted by atomic mass is 16.1. The Balaban J connectivity index is 1.78. The van der Waals surface area contributed by atoms with Gasteiger partial charge in [0.05, 0.1) is 5.69 Å². The molecular weight excluding hydrogens is 280 g/mol. The van der Waals surface area contributed by atoms with Crippen molar-refractivity contribution in [2.24, 2.45) is 0 Å². The molecular formula is C15H22N6O. The van der Waals surface area contributed by atoms with Crippen molar-refractivity contribution in [3.05, 3.63) is 24.2 Å². The van der Waals surface area contributed by atoms with Gasteiger partial charge in [-0.05, 0) is 25.5 Å². The standard InChI is InChI=1S/C15H22N6O/c1-2-4-17-14(22)11-20-8-6-18-15(20)13-9-12-10-16-5-3-7-21(12)19-13/h6,8-9,16H,2-5,7,10-11H2,1H3,(H,17,22). The number of aromatic nitrogens is 4. The lowest BCUT2D eigenvalue weighted by atomic mass is 10.3. The molecule has 1 aliphatic heterocycles. The van der Waals surface area contributed by atoms with Gasteiger partial charge in [-0.25, -0.2) is 4.98 Å². The van der Waals surface area contributed by atoms with Gasteiger partial charge in [0.15, 0.2) is 5.82 Å².